The van der Waals surface area contributed by atoms with E-state index in [0.29, 0.717) is 6.54 Å². The second kappa shape index (κ2) is 5.77. The van der Waals surface area contributed by atoms with Crippen LogP contribution in [0, 0.1) is 11.7 Å². The van der Waals surface area contributed by atoms with Gasteiger partial charge in [0.25, 0.3) is 5.91 Å². The van der Waals surface area contributed by atoms with Crippen LogP contribution in [0.2, 0.25) is 0 Å². The fourth-order valence-electron chi connectivity index (χ4n) is 1.89. The van der Waals surface area contributed by atoms with Gasteiger partial charge >= 0.3 is 0 Å². The molecular formula is C13H17FN2O. The van der Waals surface area contributed by atoms with E-state index in [2.05, 4.69) is 10.6 Å². The zero-order valence-corrected chi connectivity index (χ0v) is 9.71. The summed E-state index contributed by atoms with van der Waals surface area (Å²) in [6.07, 6.45) is 2.07. The van der Waals surface area contributed by atoms with Crippen molar-refractivity contribution in [2.24, 2.45) is 5.92 Å². The molecule has 92 valence electrons. The van der Waals surface area contributed by atoms with Gasteiger partial charge in [0, 0.05) is 6.54 Å². The highest BCUT2D eigenvalue weighted by molar-refractivity contribution is 5.94. The molecule has 0 bridgehead atoms. The lowest BCUT2D eigenvalue weighted by atomic mass is 9.97. The number of hydrogen-bond acceptors (Lipinski definition) is 2. The van der Waals surface area contributed by atoms with Crippen molar-refractivity contribution in [3.05, 3.63) is 35.6 Å². The third-order valence-corrected chi connectivity index (χ3v) is 3.06. The summed E-state index contributed by atoms with van der Waals surface area (Å²) in [6, 6.07) is 6.04. The van der Waals surface area contributed by atoms with Crippen LogP contribution < -0.4 is 10.6 Å². The minimum Gasteiger partial charge on any atom is -0.352 e. The van der Waals surface area contributed by atoms with Gasteiger partial charge in [0.2, 0.25) is 0 Å². The van der Waals surface area contributed by atoms with Crippen LogP contribution in [0.5, 0.6) is 0 Å². The molecule has 0 aromatic heterocycles. The molecule has 1 amide bonds. The summed E-state index contributed by atoms with van der Waals surface area (Å²) in [5, 5.41) is 5.95. The van der Waals surface area contributed by atoms with Gasteiger partial charge in [-0.2, -0.15) is 0 Å². The topological polar surface area (TPSA) is 41.1 Å². The van der Waals surface area contributed by atoms with E-state index < -0.39 is 5.82 Å². The van der Waals surface area contributed by atoms with Crippen LogP contribution in [-0.2, 0) is 0 Å². The summed E-state index contributed by atoms with van der Waals surface area (Å²) in [7, 11) is 0. The van der Waals surface area contributed by atoms with Crippen LogP contribution >= 0.6 is 0 Å². The van der Waals surface area contributed by atoms with Crippen molar-refractivity contribution in [3.63, 3.8) is 0 Å². The summed E-state index contributed by atoms with van der Waals surface area (Å²) in [5.74, 6) is -0.0385. The lowest BCUT2D eigenvalue weighted by molar-refractivity contribution is 0.0948. The normalized spacial score (nSPS) is 15.4. The molecule has 0 aliphatic carbocycles. The van der Waals surface area contributed by atoms with Crippen molar-refractivity contribution >= 4 is 5.91 Å². The molecule has 2 N–H and O–H groups in total. The average Bonchev–Trinajstić information content (AvgIpc) is 2.26. The van der Waals surface area contributed by atoms with Gasteiger partial charge in [0.15, 0.2) is 0 Å². The Morgan fingerprint density at radius 2 is 2.18 bits per heavy atom. The van der Waals surface area contributed by atoms with E-state index >= 15 is 0 Å². The van der Waals surface area contributed by atoms with Gasteiger partial charge in [-0.1, -0.05) is 12.1 Å². The van der Waals surface area contributed by atoms with Gasteiger partial charge < -0.3 is 10.6 Å². The predicted octanol–water partition coefficient (Wildman–Crippen LogP) is 1.56. The Balaban J connectivity index is 1.71. The predicted molar refractivity (Wildman–Crippen MR) is 64.3 cm³/mol. The van der Waals surface area contributed by atoms with Crippen LogP contribution in [0.3, 0.4) is 0 Å². The van der Waals surface area contributed by atoms with Gasteiger partial charge in [-0.05, 0) is 44.0 Å². The summed E-state index contributed by atoms with van der Waals surface area (Å²) in [4.78, 5) is 11.6. The van der Waals surface area contributed by atoms with Gasteiger partial charge in [-0.15, -0.1) is 0 Å². The Bertz CT molecular complexity index is 391. The standard InChI is InChI=1S/C13H17FN2O/c14-12-6-2-1-5-11(12)13(17)16-7-3-4-10-8-15-9-10/h1-2,5-6,10,15H,3-4,7-9H2,(H,16,17). The second-order valence-electron chi connectivity index (χ2n) is 4.40. The molecule has 0 spiro atoms. The maximum absolute atomic E-state index is 13.3. The molecule has 0 saturated carbocycles. The highest BCUT2D eigenvalue weighted by Gasteiger charge is 2.16. The Morgan fingerprint density at radius 1 is 1.41 bits per heavy atom. The largest absolute Gasteiger partial charge is 0.352 e. The van der Waals surface area contributed by atoms with E-state index in [1.807, 2.05) is 0 Å². The first-order valence-electron chi connectivity index (χ1n) is 6.01. The highest BCUT2D eigenvalue weighted by Crippen LogP contribution is 2.10. The van der Waals surface area contributed by atoms with Gasteiger partial charge in [-0.25, -0.2) is 4.39 Å². The molecule has 1 fully saturated rings. The molecule has 1 aliphatic rings. The molecule has 1 aromatic carbocycles. The number of nitrogens with one attached hydrogen (secondary N) is 2. The number of rotatable bonds is 5. The minimum absolute atomic E-state index is 0.123. The fourth-order valence-corrected chi connectivity index (χ4v) is 1.89. The molecular weight excluding hydrogens is 219 g/mol. The third-order valence-electron chi connectivity index (χ3n) is 3.06. The molecule has 1 aromatic rings. The first-order valence-corrected chi connectivity index (χ1v) is 6.01. The first-order chi connectivity index (χ1) is 8.27. The first kappa shape index (κ1) is 12.0. The average molecular weight is 236 g/mol. The Kier molecular flexibility index (Phi) is 4.09. The van der Waals surface area contributed by atoms with Gasteiger partial charge in [0.1, 0.15) is 5.82 Å². The zero-order chi connectivity index (χ0) is 12.1. The molecule has 2 rings (SSSR count). The quantitative estimate of drug-likeness (QED) is 0.762. The number of hydrogen-bond donors (Lipinski definition) is 2. The maximum Gasteiger partial charge on any atom is 0.254 e. The number of carbonyl (C=O) groups excluding carboxylic acids is 1. The van der Waals surface area contributed by atoms with Crippen molar-refractivity contribution in [2.75, 3.05) is 19.6 Å². The summed E-state index contributed by atoms with van der Waals surface area (Å²) in [5.41, 5.74) is 0.123. The Morgan fingerprint density at radius 3 is 2.82 bits per heavy atom. The Labute approximate surface area is 100 Å². The van der Waals surface area contributed by atoms with Crippen LogP contribution in [0.4, 0.5) is 4.39 Å². The highest BCUT2D eigenvalue weighted by atomic mass is 19.1. The van der Waals surface area contributed by atoms with E-state index in [-0.39, 0.29) is 11.5 Å². The minimum atomic E-state index is -0.465. The lowest BCUT2D eigenvalue weighted by Crippen LogP contribution is -2.42. The molecule has 1 heterocycles. The van der Waals surface area contributed by atoms with Crippen LogP contribution in [0.1, 0.15) is 23.2 Å². The molecule has 1 aliphatic heterocycles. The van der Waals surface area contributed by atoms with E-state index in [9.17, 15) is 9.18 Å². The molecule has 0 radical (unpaired) electrons. The van der Waals surface area contributed by atoms with Gasteiger partial charge in [0.05, 0.1) is 5.56 Å². The van der Waals surface area contributed by atoms with Crippen molar-refractivity contribution in [2.45, 2.75) is 12.8 Å². The van der Waals surface area contributed by atoms with Crippen LogP contribution in [0.25, 0.3) is 0 Å². The fraction of sp³-hybridized carbons (Fsp3) is 0.462. The van der Waals surface area contributed by atoms with Crippen molar-refractivity contribution in [3.8, 4) is 0 Å². The zero-order valence-electron chi connectivity index (χ0n) is 9.71. The van der Waals surface area contributed by atoms with Crippen molar-refractivity contribution in [1.29, 1.82) is 0 Å². The molecule has 3 nitrogen and oxygen atoms in total. The van der Waals surface area contributed by atoms with Crippen molar-refractivity contribution in [1.82, 2.24) is 10.6 Å². The van der Waals surface area contributed by atoms with E-state index in [4.69, 9.17) is 0 Å². The second-order valence-corrected chi connectivity index (χ2v) is 4.40. The number of benzene rings is 1. The molecule has 0 atom stereocenters. The monoisotopic (exact) mass is 236 g/mol. The van der Waals surface area contributed by atoms with Gasteiger partial charge in [-0.3, -0.25) is 4.79 Å². The third kappa shape index (κ3) is 3.27. The van der Waals surface area contributed by atoms with E-state index in [1.54, 1.807) is 12.1 Å². The van der Waals surface area contributed by atoms with E-state index in [1.165, 1.54) is 12.1 Å². The number of carbonyl (C=O) groups is 1. The Hall–Kier alpha value is -1.42. The summed E-state index contributed by atoms with van der Waals surface area (Å²) >= 11 is 0. The molecule has 17 heavy (non-hydrogen) atoms. The SMILES string of the molecule is O=C(NCCCC1CNC1)c1ccccc1F. The number of halogens is 1. The molecule has 0 unspecified atom stereocenters. The van der Waals surface area contributed by atoms with Crippen molar-refractivity contribution < 1.29 is 9.18 Å². The maximum atomic E-state index is 13.3. The van der Waals surface area contributed by atoms with Crippen LogP contribution in [0.15, 0.2) is 24.3 Å². The lowest BCUT2D eigenvalue weighted by Gasteiger charge is -2.26. The molecule has 1 saturated heterocycles. The van der Waals surface area contributed by atoms with E-state index in [0.717, 1.165) is 31.8 Å². The summed E-state index contributed by atoms with van der Waals surface area (Å²) in [6.45, 7) is 2.78. The van der Waals surface area contributed by atoms with Crippen LogP contribution in [-0.4, -0.2) is 25.5 Å². The molecule has 4 heteroatoms. The summed E-state index contributed by atoms with van der Waals surface area (Å²) < 4.78 is 13.3. The number of amides is 1. The smallest absolute Gasteiger partial charge is 0.254 e.